The molecule has 1 amide bonds. The predicted octanol–water partition coefficient (Wildman–Crippen LogP) is 3.35. The number of ether oxygens (including phenoxy) is 1. The fourth-order valence-electron chi connectivity index (χ4n) is 3.54. The smallest absolute Gasteiger partial charge is 0.339 e. The summed E-state index contributed by atoms with van der Waals surface area (Å²) < 4.78 is 10.6. The Balaban J connectivity index is 1.50. The lowest BCUT2D eigenvalue weighted by Crippen LogP contribution is -2.31. The summed E-state index contributed by atoms with van der Waals surface area (Å²) in [5.74, 6) is -0.206. The standard InChI is InChI=1S/C21H20N2O4/c1-13(18-10-5-11-26-18)22-19(24)12-27-21(25)20-14-6-2-3-8-16(14)23-17-9-4-7-15(17)20/h2-3,5-6,8,10-11,13H,4,7,9,12H2,1H3,(H,22,24)/t13-/m0/s1. The number of carbonyl (C=O) groups is 2. The van der Waals surface area contributed by atoms with Gasteiger partial charge in [-0.1, -0.05) is 18.2 Å². The molecule has 1 aromatic carbocycles. The molecule has 4 rings (SSSR count). The third kappa shape index (κ3) is 3.43. The van der Waals surface area contributed by atoms with Gasteiger partial charge >= 0.3 is 5.97 Å². The van der Waals surface area contributed by atoms with E-state index in [1.165, 1.54) is 0 Å². The zero-order valence-electron chi connectivity index (χ0n) is 15.0. The highest BCUT2D eigenvalue weighted by atomic mass is 16.5. The quantitative estimate of drug-likeness (QED) is 0.702. The number of amides is 1. The Hall–Kier alpha value is -3.15. The number of carbonyl (C=O) groups excluding carboxylic acids is 2. The second-order valence-corrected chi connectivity index (χ2v) is 6.66. The monoisotopic (exact) mass is 364 g/mol. The number of nitrogens with one attached hydrogen (secondary N) is 1. The average molecular weight is 364 g/mol. The maximum atomic E-state index is 12.8. The molecule has 0 saturated heterocycles. The van der Waals surface area contributed by atoms with Crippen LogP contribution in [0, 0.1) is 0 Å². The van der Waals surface area contributed by atoms with Gasteiger partial charge in [-0.15, -0.1) is 0 Å². The van der Waals surface area contributed by atoms with Gasteiger partial charge in [0.05, 0.1) is 23.4 Å². The zero-order valence-corrected chi connectivity index (χ0v) is 15.0. The van der Waals surface area contributed by atoms with Crippen LogP contribution in [0.5, 0.6) is 0 Å². The minimum absolute atomic E-state index is 0.294. The van der Waals surface area contributed by atoms with Gasteiger partial charge in [0, 0.05) is 11.1 Å². The molecule has 6 heteroatoms. The minimum atomic E-state index is -0.479. The number of fused-ring (bicyclic) bond motifs is 2. The molecule has 0 aliphatic heterocycles. The van der Waals surface area contributed by atoms with Gasteiger partial charge in [0.2, 0.25) is 0 Å². The number of hydrogen-bond donors (Lipinski definition) is 1. The number of benzene rings is 1. The largest absolute Gasteiger partial charge is 0.467 e. The van der Waals surface area contributed by atoms with Crippen LogP contribution >= 0.6 is 0 Å². The van der Waals surface area contributed by atoms with Crippen molar-refractivity contribution in [2.75, 3.05) is 6.61 Å². The molecule has 138 valence electrons. The lowest BCUT2D eigenvalue weighted by atomic mass is 10.0. The summed E-state index contributed by atoms with van der Waals surface area (Å²) >= 11 is 0. The Morgan fingerprint density at radius 3 is 2.89 bits per heavy atom. The summed E-state index contributed by atoms with van der Waals surface area (Å²) in [6.45, 7) is 1.47. The highest BCUT2D eigenvalue weighted by Crippen LogP contribution is 2.30. The van der Waals surface area contributed by atoms with Crippen LogP contribution in [0.4, 0.5) is 0 Å². The molecular formula is C21H20N2O4. The van der Waals surface area contributed by atoms with E-state index < -0.39 is 5.97 Å². The van der Waals surface area contributed by atoms with E-state index in [9.17, 15) is 9.59 Å². The summed E-state index contributed by atoms with van der Waals surface area (Å²) in [5.41, 5.74) is 3.22. The molecular weight excluding hydrogens is 344 g/mol. The maximum Gasteiger partial charge on any atom is 0.339 e. The lowest BCUT2D eigenvalue weighted by molar-refractivity contribution is -0.125. The maximum absolute atomic E-state index is 12.8. The van der Waals surface area contributed by atoms with Crippen LogP contribution in [0.2, 0.25) is 0 Å². The summed E-state index contributed by atoms with van der Waals surface area (Å²) in [4.78, 5) is 29.6. The highest BCUT2D eigenvalue weighted by Gasteiger charge is 2.25. The lowest BCUT2D eigenvalue weighted by Gasteiger charge is -2.14. The van der Waals surface area contributed by atoms with Gasteiger partial charge in [-0.3, -0.25) is 9.78 Å². The van der Waals surface area contributed by atoms with Crippen LogP contribution in [0.1, 0.15) is 46.8 Å². The van der Waals surface area contributed by atoms with E-state index in [1.54, 1.807) is 18.4 Å². The van der Waals surface area contributed by atoms with Crippen molar-refractivity contribution in [3.63, 3.8) is 0 Å². The molecule has 0 fully saturated rings. The number of nitrogens with zero attached hydrogens (tertiary/aromatic N) is 1. The number of hydrogen-bond acceptors (Lipinski definition) is 5. The third-order valence-corrected chi connectivity index (χ3v) is 4.81. The molecule has 0 bridgehead atoms. The van der Waals surface area contributed by atoms with E-state index in [0.29, 0.717) is 11.3 Å². The fourth-order valence-corrected chi connectivity index (χ4v) is 3.54. The van der Waals surface area contributed by atoms with E-state index in [4.69, 9.17) is 9.15 Å². The van der Waals surface area contributed by atoms with E-state index >= 15 is 0 Å². The van der Waals surface area contributed by atoms with Crippen molar-refractivity contribution >= 4 is 22.8 Å². The zero-order chi connectivity index (χ0) is 18.8. The molecule has 0 unspecified atom stereocenters. The van der Waals surface area contributed by atoms with Gasteiger partial charge in [0.1, 0.15) is 5.76 Å². The van der Waals surface area contributed by atoms with Crippen molar-refractivity contribution < 1.29 is 18.7 Å². The first kappa shape index (κ1) is 17.3. The molecule has 1 N–H and O–H groups in total. The van der Waals surface area contributed by atoms with Crippen LogP contribution in [-0.4, -0.2) is 23.5 Å². The number of pyridine rings is 1. The summed E-state index contributed by atoms with van der Waals surface area (Å²) in [6.07, 6.45) is 4.19. The molecule has 0 spiro atoms. The molecule has 1 aliphatic carbocycles. The van der Waals surface area contributed by atoms with E-state index in [1.807, 2.05) is 31.2 Å². The molecule has 2 heterocycles. The van der Waals surface area contributed by atoms with E-state index in [-0.39, 0.29) is 18.6 Å². The minimum Gasteiger partial charge on any atom is -0.467 e. The van der Waals surface area contributed by atoms with Crippen LogP contribution in [-0.2, 0) is 22.4 Å². The first-order valence-corrected chi connectivity index (χ1v) is 9.04. The van der Waals surface area contributed by atoms with Gasteiger partial charge in [-0.2, -0.15) is 0 Å². The highest BCUT2D eigenvalue weighted by molar-refractivity contribution is 6.05. The summed E-state index contributed by atoms with van der Waals surface area (Å²) in [7, 11) is 0. The predicted molar refractivity (Wildman–Crippen MR) is 99.3 cm³/mol. The Morgan fingerprint density at radius 1 is 1.22 bits per heavy atom. The van der Waals surface area contributed by atoms with Crippen molar-refractivity contribution in [1.82, 2.24) is 10.3 Å². The van der Waals surface area contributed by atoms with Gasteiger partial charge in [0.25, 0.3) is 5.91 Å². The first-order valence-electron chi connectivity index (χ1n) is 9.04. The molecule has 6 nitrogen and oxygen atoms in total. The normalized spacial score (nSPS) is 14.0. The molecule has 1 atom stereocenters. The molecule has 0 saturated carbocycles. The Labute approximate surface area is 156 Å². The van der Waals surface area contributed by atoms with Gasteiger partial charge in [0.15, 0.2) is 6.61 Å². The third-order valence-electron chi connectivity index (χ3n) is 4.81. The summed E-state index contributed by atoms with van der Waals surface area (Å²) in [5, 5.41) is 3.53. The van der Waals surface area contributed by atoms with Crippen molar-refractivity contribution in [2.24, 2.45) is 0 Å². The van der Waals surface area contributed by atoms with Crippen molar-refractivity contribution in [2.45, 2.75) is 32.2 Å². The summed E-state index contributed by atoms with van der Waals surface area (Å²) in [6, 6.07) is 10.8. The molecule has 3 aromatic rings. The fraction of sp³-hybridized carbons (Fsp3) is 0.286. The van der Waals surface area contributed by atoms with Crippen LogP contribution in [0.25, 0.3) is 10.9 Å². The van der Waals surface area contributed by atoms with E-state index in [2.05, 4.69) is 10.3 Å². The first-order chi connectivity index (χ1) is 13.1. The van der Waals surface area contributed by atoms with Gasteiger partial charge in [-0.25, -0.2) is 4.79 Å². The number of esters is 1. The topological polar surface area (TPSA) is 81.4 Å². The van der Waals surface area contributed by atoms with Crippen molar-refractivity contribution in [1.29, 1.82) is 0 Å². The average Bonchev–Trinajstić information content (AvgIpc) is 3.35. The van der Waals surface area contributed by atoms with Crippen LogP contribution in [0.15, 0.2) is 47.1 Å². The van der Waals surface area contributed by atoms with Crippen LogP contribution < -0.4 is 5.32 Å². The van der Waals surface area contributed by atoms with E-state index in [0.717, 1.165) is 41.4 Å². The number of aromatic nitrogens is 1. The number of para-hydroxylation sites is 1. The van der Waals surface area contributed by atoms with Crippen molar-refractivity contribution in [3.8, 4) is 0 Å². The molecule has 0 radical (unpaired) electrons. The van der Waals surface area contributed by atoms with Gasteiger partial charge in [-0.05, 0) is 49.9 Å². The Kier molecular flexibility index (Phi) is 4.62. The number of aryl methyl sites for hydroxylation is 1. The Bertz CT molecular complexity index is 995. The van der Waals surface area contributed by atoms with Gasteiger partial charge < -0.3 is 14.5 Å². The van der Waals surface area contributed by atoms with Crippen LogP contribution in [0.3, 0.4) is 0 Å². The number of rotatable bonds is 5. The SMILES string of the molecule is C[C@H](NC(=O)COC(=O)c1c2c(nc3ccccc13)CCC2)c1ccco1. The molecule has 2 aromatic heterocycles. The second-order valence-electron chi connectivity index (χ2n) is 6.66. The Morgan fingerprint density at radius 2 is 2.07 bits per heavy atom. The van der Waals surface area contributed by atoms with Crippen molar-refractivity contribution in [3.05, 3.63) is 65.2 Å². The second kappa shape index (κ2) is 7.23. The molecule has 1 aliphatic rings. The molecule has 27 heavy (non-hydrogen) atoms. The number of furan rings is 1.